The maximum atomic E-state index is 12.7. The molecule has 0 aliphatic heterocycles. The van der Waals surface area contributed by atoms with E-state index < -0.39 is 69.9 Å². The predicted molar refractivity (Wildman–Crippen MR) is 229 cm³/mol. The second-order valence-electron chi connectivity index (χ2n) is 17.0. The number of allylic oxidation sites excluding steroid dienone is 1. The second kappa shape index (κ2) is 34.8. The number of rotatable bonds is 39. The zero-order chi connectivity index (χ0) is 43.7. The summed E-state index contributed by atoms with van der Waals surface area (Å²) in [6.45, 7) is 4.35. The molecule has 13 nitrogen and oxygen atoms in total. The molecular formula is C45H83O13P. The Balaban J connectivity index is 2.41. The van der Waals surface area contributed by atoms with Crippen LogP contribution in [0.5, 0.6) is 0 Å². The Labute approximate surface area is 356 Å². The van der Waals surface area contributed by atoms with E-state index in [0.29, 0.717) is 32.1 Å². The number of unbranched alkanes of at least 4 members (excludes halogenated alkanes) is 17. The highest BCUT2D eigenvalue weighted by atomic mass is 31.2. The van der Waals surface area contributed by atoms with E-state index in [1.165, 1.54) is 64.2 Å². The first-order valence-corrected chi connectivity index (χ1v) is 24.6. The molecule has 1 aliphatic rings. The fourth-order valence-electron chi connectivity index (χ4n) is 7.38. The van der Waals surface area contributed by atoms with Crippen molar-refractivity contribution in [2.75, 3.05) is 26.4 Å². The van der Waals surface area contributed by atoms with Crippen LogP contribution in [0.3, 0.4) is 0 Å². The van der Waals surface area contributed by atoms with E-state index in [9.17, 15) is 39.2 Å². The molecule has 0 spiro atoms. The molecule has 346 valence electrons. The van der Waals surface area contributed by atoms with Crippen molar-refractivity contribution in [3.63, 3.8) is 0 Å². The summed E-state index contributed by atoms with van der Waals surface area (Å²) in [6.07, 6.45) is 23.7. The van der Waals surface area contributed by atoms with Gasteiger partial charge in [-0.1, -0.05) is 155 Å². The van der Waals surface area contributed by atoms with Gasteiger partial charge in [-0.3, -0.25) is 23.4 Å². The van der Waals surface area contributed by atoms with Crippen molar-refractivity contribution >= 4 is 25.5 Å². The molecule has 1 unspecified atom stereocenters. The normalized spacial score (nSPS) is 19.6. The summed E-state index contributed by atoms with van der Waals surface area (Å²) in [6, 6.07) is 0. The van der Waals surface area contributed by atoms with Crippen molar-refractivity contribution in [2.45, 2.75) is 212 Å². The van der Waals surface area contributed by atoms with Gasteiger partial charge in [-0.05, 0) is 37.5 Å². The lowest BCUT2D eigenvalue weighted by molar-refractivity contribution is -0.161. The Bertz CT molecular complexity index is 1160. The van der Waals surface area contributed by atoms with E-state index in [0.717, 1.165) is 57.3 Å². The highest BCUT2D eigenvalue weighted by Crippen LogP contribution is 2.43. The molecule has 1 saturated carbocycles. The van der Waals surface area contributed by atoms with Crippen molar-refractivity contribution < 1.29 is 62.8 Å². The monoisotopic (exact) mass is 863 g/mol. The lowest BCUT2D eigenvalue weighted by Crippen LogP contribution is -2.29. The van der Waals surface area contributed by atoms with Gasteiger partial charge in [0.05, 0.1) is 32.0 Å². The van der Waals surface area contributed by atoms with Gasteiger partial charge in [0.2, 0.25) is 0 Å². The molecule has 0 aromatic rings. The summed E-state index contributed by atoms with van der Waals surface area (Å²) in [7, 11) is -4.68. The van der Waals surface area contributed by atoms with Crippen LogP contribution in [0.25, 0.3) is 0 Å². The predicted octanol–water partition coefficient (Wildman–Crippen LogP) is 8.84. The zero-order valence-corrected chi connectivity index (χ0v) is 37.8. The van der Waals surface area contributed by atoms with Gasteiger partial charge < -0.3 is 34.8 Å². The standard InChI is InChI=1S/C45H83O13P/c1-4-5-19-25-37(47)29-30-41-40(42(49)31-43(41)50)26-21-17-18-23-28-45(52)58-39(35-57-59(53,54)56-33-38(48)32-46)34-55-44(51)27-22-16-14-12-10-8-6-7-9-11-13-15-20-24-36(2)3/h29-30,36-42,46-49H,4-28,31-35H2,1-3H3,(H,53,54)/b30-29+/t37-,38-,39+,40+,41+,42-/m0/s1. The smallest absolute Gasteiger partial charge is 0.462 e. The molecule has 0 aromatic heterocycles. The van der Waals surface area contributed by atoms with Crippen molar-refractivity contribution in [3.8, 4) is 0 Å². The highest BCUT2D eigenvalue weighted by molar-refractivity contribution is 7.47. The van der Waals surface area contributed by atoms with Crippen LogP contribution in [-0.2, 0) is 37.5 Å². The van der Waals surface area contributed by atoms with Crippen LogP contribution in [-0.4, -0.2) is 93.9 Å². The van der Waals surface area contributed by atoms with Gasteiger partial charge in [-0.25, -0.2) is 4.57 Å². The van der Waals surface area contributed by atoms with Crippen molar-refractivity contribution in [1.29, 1.82) is 0 Å². The summed E-state index contributed by atoms with van der Waals surface area (Å²) >= 11 is 0. The summed E-state index contributed by atoms with van der Waals surface area (Å²) in [4.78, 5) is 47.8. The maximum Gasteiger partial charge on any atom is 0.472 e. The number of aliphatic hydroxyl groups is 4. The lowest BCUT2D eigenvalue weighted by Gasteiger charge is -2.20. The molecule has 7 atom stereocenters. The minimum absolute atomic E-state index is 0.0156. The summed E-state index contributed by atoms with van der Waals surface area (Å²) in [5.74, 6) is -0.912. The quantitative estimate of drug-likeness (QED) is 0.0170. The largest absolute Gasteiger partial charge is 0.472 e. The third-order valence-electron chi connectivity index (χ3n) is 11.0. The number of aliphatic hydroxyl groups excluding tert-OH is 4. The van der Waals surface area contributed by atoms with Crippen molar-refractivity contribution in [2.24, 2.45) is 17.8 Å². The summed E-state index contributed by atoms with van der Waals surface area (Å²) in [5, 5.41) is 39.2. The summed E-state index contributed by atoms with van der Waals surface area (Å²) in [5.41, 5.74) is 0. The third kappa shape index (κ3) is 30.1. The Morgan fingerprint density at radius 3 is 1.85 bits per heavy atom. The fraction of sp³-hybridized carbons (Fsp3) is 0.889. The van der Waals surface area contributed by atoms with Gasteiger partial charge in [-0.15, -0.1) is 0 Å². The number of Topliss-reactive ketones (excluding diaryl/α,β-unsaturated/α-hetero) is 1. The first kappa shape index (κ1) is 55.3. The minimum atomic E-state index is -4.68. The first-order valence-electron chi connectivity index (χ1n) is 23.1. The van der Waals surface area contributed by atoms with Crippen LogP contribution in [0.4, 0.5) is 0 Å². The topological polar surface area (TPSA) is 206 Å². The van der Waals surface area contributed by atoms with Gasteiger partial charge in [0.15, 0.2) is 6.10 Å². The van der Waals surface area contributed by atoms with Crippen LogP contribution in [0, 0.1) is 17.8 Å². The number of phosphoric ester groups is 1. The van der Waals surface area contributed by atoms with Crippen LogP contribution < -0.4 is 0 Å². The average molecular weight is 863 g/mol. The van der Waals surface area contributed by atoms with Gasteiger partial charge >= 0.3 is 19.8 Å². The van der Waals surface area contributed by atoms with Crippen LogP contribution in [0.2, 0.25) is 0 Å². The van der Waals surface area contributed by atoms with Gasteiger partial charge in [0.1, 0.15) is 18.5 Å². The molecule has 59 heavy (non-hydrogen) atoms. The summed E-state index contributed by atoms with van der Waals surface area (Å²) < 4.78 is 32.8. The van der Waals surface area contributed by atoms with Crippen molar-refractivity contribution in [1.82, 2.24) is 0 Å². The Kier molecular flexibility index (Phi) is 32.7. The number of phosphoric acid groups is 1. The molecule has 14 heteroatoms. The third-order valence-corrected chi connectivity index (χ3v) is 12.0. The number of ketones is 1. The fourth-order valence-corrected chi connectivity index (χ4v) is 8.17. The molecular weight excluding hydrogens is 779 g/mol. The van der Waals surface area contributed by atoms with Crippen molar-refractivity contribution in [3.05, 3.63) is 12.2 Å². The van der Waals surface area contributed by atoms with E-state index in [-0.39, 0.29) is 37.6 Å². The minimum Gasteiger partial charge on any atom is -0.462 e. The molecule has 0 bridgehead atoms. The second-order valence-corrected chi connectivity index (χ2v) is 18.5. The van der Waals surface area contributed by atoms with Crippen LogP contribution in [0.1, 0.15) is 188 Å². The van der Waals surface area contributed by atoms with Gasteiger partial charge in [0, 0.05) is 25.2 Å². The van der Waals surface area contributed by atoms with Gasteiger partial charge in [-0.2, -0.15) is 0 Å². The zero-order valence-electron chi connectivity index (χ0n) is 36.9. The SMILES string of the molecule is CCCCC[C@H](O)/C=C/[C@H]1C(=O)C[C@H](O)[C@@H]1CCCCCCC(=O)O[C@H](COC(=O)CCCCCCCCCCCCCCCC(C)C)COP(=O)(O)OC[C@@H](O)CO. The Morgan fingerprint density at radius 1 is 0.746 bits per heavy atom. The molecule has 0 saturated heterocycles. The lowest BCUT2D eigenvalue weighted by atomic mass is 9.88. The molecule has 1 aliphatic carbocycles. The number of ether oxygens (including phenoxy) is 2. The van der Waals surface area contributed by atoms with E-state index >= 15 is 0 Å². The van der Waals surface area contributed by atoms with Crippen LogP contribution >= 0.6 is 7.82 Å². The van der Waals surface area contributed by atoms with E-state index in [1.807, 2.05) is 0 Å². The molecule has 0 radical (unpaired) electrons. The molecule has 0 amide bonds. The van der Waals surface area contributed by atoms with E-state index in [4.69, 9.17) is 19.1 Å². The Morgan fingerprint density at radius 2 is 1.27 bits per heavy atom. The first-order chi connectivity index (χ1) is 28.3. The molecule has 1 fully saturated rings. The Hall–Kier alpha value is -1.70. The number of esters is 2. The van der Waals surface area contributed by atoms with E-state index in [1.54, 1.807) is 12.2 Å². The van der Waals surface area contributed by atoms with Gasteiger partial charge in [0.25, 0.3) is 0 Å². The number of carbonyl (C=O) groups excluding carboxylic acids is 3. The molecule has 5 N–H and O–H groups in total. The van der Waals surface area contributed by atoms with E-state index in [2.05, 4.69) is 25.3 Å². The number of carbonyl (C=O) groups is 3. The maximum absolute atomic E-state index is 12.7. The number of hydrogen-bond acceptors (Lipinski definition) is 12. The molecule has 0 aromatic carbocycles. The average Bonchev–Trinajstić information content (AvgIpc) is 3.47. The molecule has 0 heterocycles. The van der Waals surface area contributed by atoms with Crippen LogP contribution in [0.15, 0.2) is 12.2 Å². The number of hydrogen-bond donors (Lipinski definition) is 5. The highest BCUT2D eigenvalue weighted by Gasteiger charge is 2.39. The molecule has 1 rings (SSSR count).